The fraction of sp³-hybridized carbons (Fsp3) is 0.240. The number of anilines is 3. The van der Waals surface area contributed by atoms with Gasteiger partial charge in [0, 0.05) is 15.5 Å². The van der Waals surface area contributed by atoms with Crippen molar-refractivity contribution < 1.29 is 4.79 Å². The van der Waals surface area contributed by atoms with Gasteiger partial charge in [-0.3, -0.25) is 4.90 Å². The molecule has 0 bridgehead atoms. The van der Waals surface area contributed by atoms with Gasteiger partial charge in [-0.1, -0.05) is 81.9 Å². The number of carbonyl (C=O) groups is 1. The van der Waals surface area contributed by atoms with Crippen LogP contribution in [-0.2, 0) is 0 Å². The third kappa shape index (κ3) is 3.65. The lowest BCUT2D eigenvalue weighted by Gasteiger charge is -2.32. The van der Waals surface area contributed by atoms with Gasteiger partial charge in [0.25, 0.3) is 0 Å². The SMILES string of the molecule is CC(C)c1cccc(C(C)C)c1NC(=O)N1c2ccccc2Sc2ccccc21. The van der Waals surface area contributed by atoms with E-state index in [1.54, 1.807) is 11.8 Å². The highest BCUT2D eigenvalue weighted by Gasteiger charge is 2.29. The van der Waals surface area contributed by atoms with Crippen LogP contribution in [0.1, 0.15) is 50.7 Å². The molecule has 29 heavy (non-hydrogen) atoms. The van der Waals surface area contributed by atoms with E-state index in [1.807, 2.05) is 41.3 Å². The number of urea groups is 1. The predicted molar refractivity (Wildman–Crippen MR) is 123 cm³/mol. The standard InChI is InChI=1S/C25H26N2OS/c1-16(2)18-10-9-11-19(17(3)4)24(18)26-25(28)27-20-12-5-7-14-22(20)29-23-15-8-6-13-21(23)27/h5-17H,1-4H3,(H,26,28). The molecule has 0 spiro atoms. The number of carbonyl (C=O) groups excluding carboxylic acids is 1. The number of hydrogen-bond donors (Lipinski definition) is 1. The molecule has 1 N–H and O–H groups in total. The van der Waals surface area contributed by atoms with Gasteiger partial charge in [-0.2, -0.15) is 0 Å². The van der Waals surface area contributed by atoms with E-state index in [0.29, 0.717) is 11.8 Å². The number of benzene rings is 3. The molecule has 0 saturated carbocycles. The zero-order valence-electron chi connectivity index (χ0n) is 17.3. The summed E-state index contributed by atoms with van der Waals surface area (Å²) in [6, 6.07) is 22.3. The first-order valence-corrected chi connectivity index (χ1v) is 10.9. The number of hydrogen-bond acceptors (Lipinski definition) is 2. The second kappa shape index (κ2) is 7.96. The highest BCUT2D eigenvalue weighted by Crippen LogP contribution is 2.48. The lowest BCUT2D eigenvalue weighted by Crippen LogP contribution is -2.33. The minimum Gasteiger partial charge on any atom is -0.307 e. The summed E-state index contributed by atoms with van der Waals surface area (Å²) in [6.45, 7) is 8.66. The van der Waals surface area contributed by atoms with Crippen LogP contribution in [0.25, 0.3) is 0 Å². The maximum Gasteiger partial charge on any atom is 0.331 e. The zero-order valence-corrected chi connectivity index (χ0v) is 18.1. The number of fused-ring (bicyclic) bond motifs is 2. The van der Waals surface area contributed by atoms with E-state index in [4.69, 9.17) is 0 Å². The smallest absolute Gasteiger partial charge is 0.307 e. The van der Waals surface area contributed by atoms with Gasteiger partial charge < -0.3 is 5.32 Å². The van der Waals surface area contributed by atoms with Gasteiger partial charge in [0.1, 0.15) is 0 Å². The van der Waals surface area contributed by atoms with Crippen LogP contribution in [0, 0.1) is 0 Å². The number of nitrogens with one attached hydrogen (secondary N) is 1. The predicted octanol–water partition coefficient (Wildman–Crippen LogP) is 7.77. The normalized spacial score (nSPS) is 12.7. The van der Waals surface area contributed by atoms with Crippen LogP contribution in [0.15, 0.2) is 76.5 Å². The molecule has 1 aliphatic rings. The molecule has 0 atom stereocenters. The fourth-order valence-electron chi connectivity index (χ4n) is 3.78. The van der Waals surface area contributed by atoms with Crippen LogP contribution in [0.4, 0.5) is 21.9 Å². The van der Waals surface area contributed by atoms with Gasteiger partial charge in [0.15, 0.2) is 0 Å². The van der Waals surface area contributed by atoms with Crippen LogP contribution in [0.3, 0.4) is 0 Å². The summed E-state index contributed by atoms with van der Waals surface area (Å²) in [5.41, 5.74) is 5.11. The molecule has 0 unspecified atom stereocenters. The molecule has 0 aliphatic carbocycles. The Labute approximate surface area is 177 Å². The van der Waals surface area contributed by atoms with Crippen LogP contribution in [0.2, 0.25) is 0 Å². The van der Waals surface area contributed by atoms with E-state index in [2.05, 4.69) is 63.3 Å². The monoisotopic (exact) mass is 402 g/mol. The Kier molecular flexibility index (Phi) is 5.37. The second-order valence-electron chi connectivity index (χ2n) is 7.92. The van der Waals surface area contributed by atoms with Crippen LogP contribution >= 0.6 is 11.8 Å². The van der Waals surface area contributed by atoms with Crippen molar-refractivity contribution in [2.75, 3.05) is 10.2 Å². The molecular weight excluding hydrogens is 376 g/mol. The van der Waals surface area contributed by atoms with E-state index in [0.717, 1.165) is 38.0 Å². The average molecular weight is 403 g/mol. The van der Waals surface area contributed by atoms with E-state index in [9.17, 15) is 4.79 Å². The third-order valence-electron chi connectivity index (χ3n) is 5.24. The quantitative estimate of drug-likeness (QED) is 0.485. The van der Waals surface area contributed by atoms with Crippen molar-refractivity contribution in [2.24, 2.45) is 0 Å². The summed E-state index contributed by atoms with van der Waals surface area (Å²) in [7, 11) is 0. The van der Waals surface area contributed by atoms with Gasteiger partial charge >= 0.3 is 6.03 Å². The Hall–Kier alpha value is -2.72. The maximum absolute atomic E-state index is 13.6. The number of amides is 2. The molecule has 148 valence electrons. The molecule has 3 aromatic rings. The van der Waals surface area contributed by atoms with Gasteiger partial charge in [-0.25, -0.2) is 4.79 Å². The molecule has 0 radical (unpaired) electrons. The van der Waals surface area contributed by atoms with E-state index in [-0.39, 0.29) is 6.03 Å². The van der Waals surface area contributed by atoms with E-state index >= 15 is 0 Å². The number of nitrogens with zero attached hydrogens (tertiary/aromatic N) is 1. The Morgan fingerprint density at radius 3 is 1.72 bits per heavy atom. The highest BCUT2D eigenvalue weighted by atomic mass is 32.2. The van der Waals surface area contributed by atoms with Gasteiger partial charge in [0.05, 0.1) is 11.4 Å². The van der Waals surface area contributed by atoms with Gasteiger partial charge in [0.2, 0.25) is 0 Å². The van der Waals surface area contributed by atoms with Gasteiger partial charge in [-0.05, 0) is 47.2 Å². The van der Waals surface area contributed by atoms with E-state index in [1.165, 1.54) is 0 Å². The first-order valence-electron chi connectivity index (χ1n) is 10.1. The number of rotatable bonds is 3. The first-order chi connectivity index (χ1) is 14.0. The topological polar surface area (TPSA) is 32.3 Å². The lowest BCUT2D eigenvalue weighted by molar-refractivity contribution is 0.258. The summed E-state index contributed by atoms with van der Waals surface area (Å²) in [5, 5.41) is 3.27. The highest BCUT2D eigenvalue weighted by molar-refractivity contribution is 7.99. The summed E-state index contributed by atoms with van der Waals surface area (Å²) < 4.78 is 0. The van der Waals surface area contributed by atoms with Crippen LogP contribution < -0.4 is 10.2 Å². The van der Waals surface area contributed by atoms with Crippen molar-refractivity contribution in [3.8, 4) is 0 Å². The zero-order chi connectivity index (χ0) is 20.5. The summed E-state index contributed by atoms with van der Waals surface area (Å²) >= 11 is 1.70. The molecule has 3 nitrogen and oxygen atoms in total. The average Bonchev–Trinajstić information content (AvgIpc) is 2.71. The molecule has 4 rings (SSSR count). The van der Waals surface area contributed by atoms with Crippen molar-refractivity contribution in [3.63, 3.8) is 0 Å². The van der Waals surface area contributed by atoms with E-state index < -0.39 is 0 Å². The van der Waals surface area contributed by atoms with Crippen LogP contribution in [0.5, 0.6) is 0 Å². The van der Waals surface area contributed by atoms with Crippen molar-refractivity contribution in [2.45, 2.75) is 49.3 Å². The Morgan fingerprint density at radius 1 is 0.759 bits per heavy atom. The molecule has 4 heteroatoms. The minimum absolute atomic E-state index is 0.125. The lowest BCUT2D eigenvalue weighted by atomic mass is 9.93. The molecule has 1 aliphatic heterocycles. The summed E-state index contributed by atoms with van der Waals surface area (Å²) in [4.78, 5) is 17.6. The molecule has 3 aromatic carbocycles. The molecule has 0 saturated heterocycles. The number of para-hydroxylation sites is 3. The molecule has 0 fully saturated rings. The molecule has 0 aromatic heterocycles. The maximum atomic E-state index is 13.6. The molecular formula is C25H26N2OS. The Bertz CT molecular complexity index is 986. The van der Waals surface area contributed by atoms with Crippen molar-refractivity contribution in [3.05, 3.63) is 77.9 Å². The van der Waals surface area contributed by atoms with Crippen molar-refractivity contribution >= 4 is 34.9 Å². The summed E-state index contributed by atoms with van der Waals surface area (Å²) in [6.07, 6.45) is 0. The summed E-state index contributed by atoms with van der Waals surface area (Å²) in [5.74, 6) is 0.640. The third-order valence-corrected chi connectivity index (χ3v) is 6.37. The van der Waals surface area contributed by atoms with Gasteiger partial charge in [-0.15, -0.1) is 0 Å². The second-order valence-corrected chi connectivity index (χ2v) is 9.01. The Morgan fingerprint density at radius 2 is 1.24 bits per heavy atom. The molecule has 1 heterocycles. The van der Waals surface area contributed by atoms with Crippen molar-refractivity contribution in [1.82, 2.24) is 0 Å². The fourth-order valence-corrected chi connectivity index (χ4v) is 4.84. The van der Waals surface area contributed by atoms with Crippen molar-refractivity contribution in [1.29, 1.82) is 0 Å². The largest absolute Gasteiger partial charge is 0.331 e. The Balaban J connectivity index is 1.80. The van der Waals surface area contributed by atoms with Crippen LogP contribution in [-0.4, -0.2) is 6.03 Å². The molecule has 2 amide bonds. The minimum atomic E-state index is -0.125. The first kappa shape index (κ1) is 19.6.